The first-order valence-corrected chi connectivity index (χ1v) is 25.1. The lowest BCUT2D eigenvalue weighted by Crippen LogP contribution is -2.09. The molecule has 0 fully saturated rings. The van der Waals surface area contributed by atoms with Crippen molar-refractivity contribution in [1.82, 2.24) is 19.9 Å². The molecule has 9 rings (SSSR count). The predicted molar refractivity (Wildman–Crippen MR) is 254 cm³/mol. The number of nitrogens with one attached hydrogen (secondary N) is 2. The summed E-state index contributed by atoms with van der Waals surface area (Å²) in [5.41, 5.74) is 12.2. The van der Waals surface area contributed by atoms with E-state index in [0.29, 0.717) is 0 Å². The lowest BCUT2D eigenvalue weighted by atomic mass is 10.0. The summed E-state index contributed by atoms with van der Waals surface area (Å²) >= 11 is 14.6. The number of rotatable bonds is 6. The van der Waals surface area contributed by atoms with Gasteiger partial charge < -0.3 is 9.97 Å². The van der Waals surface area contributed by atoms with Crippen LogP contribution in [0.4, 0.5) is 0 Å². The summed E-state index contributed by atoms with van der Waals surface area (Å²) in [5.74, 6) is 0. The van der Waals surface area contributed by atoms with Crippen molar-refractivity contribution >= 4 is 149 Å². The van der Waals surface area contributed by atoms with E-state index < -0.39 is 0 Å². The molecule has 54 heavy (non-hydrogen) atoms. The standard InChI is InChI=1S/C42H32N4S8/c1-47-39-40(48-2)52-37(51-39)35-29-19-15-25(43-29)33(23-11-7-5-8-12-23)27-17-21-31(45-27)36(38-53-41(49-3)42(50-4)54-38)32-22-18-28(46-32)34(24-13-9-6-10-14-24)26-16-20-30(35)44-26/h5-22,43,46H,1-4H3. The SMILES string of the molecule is CSC1=C(SC)SC(=c2c3nc(c(-c4ccccc4)c4ccc([nH]4)c(=C4SC(SC)=C(SC)S4)c4nc(c(-c5ccccc5)c5ccc2[nH]5)C=C4)C=C3)S1. The number of hydrogen-bond donors (Lipinski definition) is 2. The Morgan fingerprint density at radius 1 is 0.407 bits per heavy atom. The summed E-state index contributed by atoms with van der Waals surface area (Å²) in [5, 5.41) is 2.22. The second-order valence-electron chi connectivity index (χ2n) is 12.2. The van der Waals surface area contributed by atoms with E-state index in [9.17, 15) is 0 Å². The van der Waals surface area contributed by atoms with Crippen molar-refractivity contribution in [3.05, 3.63) is 135 Å². The maximum Gasteiger partial charge on any atom is 0.0748 e. The lowest BCUT2D eigenvalue weighted by molar-refractivity contribution is 1.29. The van der Waals surface area contributed by atoms with Gasteiger partial charge in [0.15, 0.2) is 0 Å². The van der Waals surface area contributed by atoms with Crippen molar-refractivity contribution in [3.8, 4) is 22.3 Å². The van der Waals surface area contributed by atoms with E-state index in [2.05, 4.69) is 144 Å². The predicted octanol–water partition coefficient (Wildman–Crippen LogP) is 12.8. The first kappa shape index (κ1) is 36.7. The van der Waals surface area contributed by atoms with Gasteiger partial charge in [-0.3, -0.25) is 0 Å². The lowest BCUT2D eigenvalue weighted by Gasteiger charge is -2.04. The number of fused-ring (bicyclic) bond motifs is 8. The second kappa shape index (κ2) is 15.9. The highest BCUT2D eigenvalue weighted by molar-refractivity contribution is 8.46. The van der Waals surface area contributed by atoms with Crippen molar-refractivity contribution < 1.29 is 0 Å². The summed E-state index contributed by atoms with van der Waals surface area (Å²) in [6.07, 6.45) is 17.4. The third-order valence-corrected chi connectivity index (χ3v) is 19.6. The van der Waals surface area contributed by atoms with Gasteiger partial charge in [0.25, 0.3) is 0 Å². The van der Waals surface area contributed by atoms with Crippen LogP contribution >= 0.6 is 94.1 Å². The van der Waals surface area contributed by atoms with Crippen LogP contribution in [0.25, 0.3) is 77.1 Å². The van der Waals surface area contributed by atoms with Crippen LogP contribution in [-0.2, 0) is 0 Å². The molecule has 268 valence electrons. The van der Waals surface area contributed by atoms with Gasteiger partial charge in [-0.15, -0.1) is 47.0 Å². The molecular formula is C42H32N4S8. The van der Waals surface area contributed by atoms with Gasteiger partial charge in [0, 0.05) is 43.6 Å². The average molecular weight is 849 g/mol. The van der Waals surface area contributed by atoms with Gasteiger partial charge in [-0.1, -0.05) is 108 Å². The summed E-state index contributed by atoms with van der Waals surface area (Å²) < 4.78 is 7.77. The molecule has 4 aliphatic rings. The molecule has 0 unspecified atom stereocenters. The van der Waals surface area contributed by atoms with Gasteiger partial charge >= 0.3 is 0 Å². The Morgan fingerprint density at radius 3 is 1.09 bits per heavy atom. The number of aromatic nitrogens is 4. The molecule has 4 aliphatic heterocycles. The molecule has 0 saturated heterocycles. The molecule has 0 atom stereocenters. The minimum atomic E-state index is 0.929. The van der Waals surface area contributed by atoms with E-state index in [1.54, 1.807) is 0 Å². The molecule has 0 aliphatic carbocycles. The van der Waals surface area contributed by atoms with Crippen LogP contribution in [0, 0.1) is 0 Å². The quantitative estimate of drug-likeness (QED) is 0.169. The molecule has 3 aromatic heterocycles. The van der Waals surface area contributed by atoms with E-state index in [0.717, 1.165) is 77.5 Å². The van der Waals surface area contributed by atoms with Crippen molar-refractivity contribution in [2.75, 3.05) is 25.0 Å². The highest BCUT2D eigenvalue weighted by atomic mass is 32.3. The Kier molecular flexibility index (Phi) is 10.8. The van der Waals surface area contributed by atoms with Crippen LogP contribution < -0.4 is 10.4 Å². The molecule has 2 aromatic carbocycles. The Hall–Kier alpha value is -2.94. The maximum absolute atomic E-state index is 5.47. The van der Waals surface area contributed by atoms with Crippen LogP contribution in [0.3, 0.4) is 0 Å². The molecular weight excluding hydrogens is 817 g/mol. The van der Waals surface area contributed by atoms with Crippen LogP contribution in [0.2, 0.25) is 0 Å². The van der Waals surface area contributed by atoms with Gasteiger partial charge in [-0.25, -0.2) is 9.97 Å². The Labute approximate surface area is 348 Å². The molecule has 0 saturated carbocycles. The topological polar surface area (TPSA) is 57.4 Å². The fraction of sp³-hybridized carbons (Fsp3) is 0.0952. The minimum Gasteiger partial charge on any atom is -0.354 e. The first-order valence-electron chi connectivity index (χ1n) is 16.9. The number of H-pyrrole nitrogens is 2. The number of hydrogen-bond acceptors (Lipinski definition) is 10. The number of benzene rings is 2. The summed E-state index contributed by atoms with van der Waals surface area (Å²) in [6.45, 7) is 0. The smallest absolute Gasteiger partial charge is 0.0748 e. The van der Waals surface area contributed by atoms with Crippen molar-refractivity contribution in [2.45, 2.75) is 0 Å². The number of nitrogens with zero attached hydrogens (tertiary/aromatic N) is 2. The molecule has 5 aromatic rings. The zero-order chi connectivity index (χ0) is 36.8. The number of aromatic amines is 2. The molecule has 0 amide bonds. The van der Waals surface area contributed by atoms with Gasteiger partial charge in [0.05, 0.1) is 48.2 Å². The van der Waals surface area contributed by atoms with Gasteiger partial charge in [0.2, 0.25) is 0 Å². The summed E-state index contributed by atoms with van der Waals surface area (Å²) in [7, 11) is 0. The molecule has 8 bridgehead atoms. The van der Waals surface area contributed by atoms with Crippen molar-refractivity contribution in [3.63, 3.8) is 0 Å². The summed E-state index contributed by atoms with van der Waals surface area (Å²) in [6, 6.07) is 30.1. The highest BCUT2D eigenvalue weighted by Gasteiger charge is 2.25. The van der Waals surface area contributed by atoms with Gasteiger partial charge in [-0.05, 0) is 84.7 Å². The van der Waals surface area contributed by atoms with E-state index in [-0.39, 0.29) is 0 Å². The third-order valence-electron chi connectivity index (χ3n) is 9.10. The largest absolute Gasteiger partial charge is 0.354 e. The van der Waals surface area contributed by atoms with Crippen molar-refractivity contribution in [2.24, 2.45) is 0 Å². The maximum atomic E-state index is 5.47. The van der Waals surface area contributed by atoms with E-state index >= 15 is 0 Å². The highest BCUT2D eigenvalue weighted by Crippen LogP contribution is 2.58. The molecule has 2 N–H and O–H groups in total. The van der Waals surface area contributed by atoms with Crippen LogP contribution in [-0.4, -0.2) is 45.0 Å². The van der Waals surface area contributed by atoms with Gasteiger partial charge in [-0.2, -0.15) is 0 Å². The Bertz CT molecular complexity index is 2530. The van der Waals surface area contributed by atoms with Gasteiger partial charge in [0.1, 0.15) is 0 Å². The van der Waals surface area contributed by atoms with Crippen LogP contribution in [0.5, 0.6) is 0 Å². The third kappa shape index (κ3) is 6.80. The molecule has 4 nitrogen and oxygen atoms in total. The van der Waals surface area contributed by atoms with Crippen molar-refractivity contribution in [1.29, 1.82) is 0 Å². The summed E-state index contributed by atoms with van der Waals surface area (Å²) in [4.78, 5) is 18.7. The fourth-order valence-corrected chi connectivity index (χ4v) is 16.9. The molecule has 7 heterocycles. The monoisotopic (exact) mass is 848 g/mol. The van der Waals surface area contributed by atoms with E-state index in [1.165, 1.54) is 25.4 Å². The fourth-order valence-electron chi connectivity index (χ4n) is 6.70. The zero-order valence-corrected chi connectivity index (χ0v) is 36.1. The molecule has 0 radical (unpaired) electrons. The van der Waals surface area contributed by atoms with E-state index in [1.807, 2.05) is 94.1 Å². The van der Waals surface area contributed by atoms with E-state index in [4.69, 9.17) is 9.97 Å². The average Bonchev–Trinajstić information content (AvgIpc) is 4.07. The first-order chi connectivity index (χ1) is 26.6. The number of thioether (sulfide) groups is 8. The molecule has 12 heteroatoms. The zero-order valence-electron chi connectivity index (χ0n) is 29.6. The van der Waals surface area contributed by atoms with Crippen LogP contribution in [0.1, 0.15) is 22.8 Å². The normalized spacial score (nSPS) is 15.4. The Morgan fingerprint density at radius 2 is 0.741 bits per heavy atom. The Balaban J connectivity index is 1.46. The van der Waals surface area contributed by atoms with Crippen LogP contribution in [0.15, 0.2) is 102 Å². The minimum absolute atomic E-state index is 0.929. The molecule has 0 spiro atoms. The second-order valence-corrected chi connectivity index (χ2v) is 21.1.